The predicted molar refractivity (Wildman–Crippen MR) is 95.7 cm³/mol. The van der Waals surface area contributed by atoms with Crippen molar-refractivity contribution >= 4 is 27.5 Å². The first-order valence-corrected chi connectivity index (χ1v) is 9.86. The molecule has 0 spiro atoms. The molecule has 1 atom stereocenters. The van der Waals surface area contributed by atoms with Crippen LogP contribution in [-0.4, -0.2) is 44.2 Å². The molecule has 0 unspecified atom stereocenters. The molecule has 1 aromatic rings. The molecule has 0 saturated heterocycles. The largest absolute Gasteiger partial charge is 0.353 e. The fraction of sp³-hybridized carbons (Fsp3) is 0.529. The number of nitrogens with one attached hydrogen (secondary N) is 2. The average Bonchev–Trinajstić information content (AvgIpc) is 2.74. The van der Waals surface area contributed by atoms with Crippen molar-refractivity contribution in [3.05, 3.63) is 23.8 Å². The molecule has 0 saturated carbocycles. The summed E-state index contributed by atoms with van der Waals surface area (Å²) in [6, 6.07) is 4.65. The number of nitrogens with zero attached hydrogens (tertiary/aromatic N) is 1. The van der Waals surface area contributed by atoms with E-state index in [4.69, 9.17) is 0 Å². The normalized spacial score (nSPS) is 15.9. The van der Waals surface area contributed by atoms with Crippen molar-refractivity contribution in [1.82, 2.24) is 9.62 Å². The number of hydrogen-bond acceptors (Lipinski definition) is 4. The van der Waals surface area contributed by atoms with Crippen LogP contribution in [0.4, 0.5) is 5.69 Å². The van der Waals surface area contributed by atoms with Crippen LogP contribution in [0.3, 0.4) is 0 Å². The second-order valence-electron chi connectivity index (χ2n) is 6.36. The van der Waals surface area contributed by atoms with Gasteiger partial charge in [-0.25, -0.2) is 8.42 Å². The number of anilines is 1. The molecule has 1 aliphatic heterocycles. The van der Waals surface area contributed by atoms with Gasteiger partial charge in [0.05, 0.1) is 11.4 Å². The molecular formula is C17H25N3O4S. The standard InChI is InChI=1S/C17H25N3O4S/c1-4-12(2)18-17(22)11-20(3)25(23,24)14-8-9-15-13(10-14)6-5-7-16(21)19-15/h8-10,12H,4-7,11H2,1-3H3,(H,18,22)(H,19,21)/t12-/m1/s1. The first-order chi connectivity index (χ1) is 11.7. The molecule has 1 aromatic carbocycles. The Morgan fingerprint density at radius 2 is 2.08 bits per heavy atom. The van der Waals surface area contributed by atoms with E-state index < -0.39 is 10.0 Å². The number of likely N-dealkylation sites (N-methyl/N-ethyl adjacent to an activating group) is 1. The molecule has 0 bridgehead atoms. The number of aryl methyl sites for hydroxylation is 1. The van der Waals surface area contributed by atoms with Crippen LogP contribution in [0.15, 0.2) is 23.1 Å². The Morgan fingerprint density at radius 3 is 2.76 bits per heavy atom. The fourth-order valence-corrected chi connectivity index (χ4v) is 3.78. The summed E-state index contributed by atoms with van der Waals surface area (Å²) in [4.78, 5) is 23.7. The molecule has 1 heterocycles. The fourth-order valence-electron chi connectivity index (χ4n) is 2.60. The first-order valence-electron chi connectivity index (χ1n) is 8.42. The minimum absolute atomic E-state index is 0.000269. The Bertz CT molecular complexity index is 761. The number of benzene rings is 1. The van der Waals surface area contributed by atoms with E-state index in [9.17, 15) is 18.0 Å². The van der Waals surface area contributed by atoms with Crippen molar-refractivity contribution in [1.29, 1.82) is 0 Å². The molecule has 25 heavy (non-hydrogen) atoms. The SMILES string of the molecule is CC[C@@H](C)NC(=O)CN(C)S(=O)(=O)c1ccc2c(c1)CCCC(=O)N2. The maximum Gasteiger partial charge on any atom is 0.243 e. The lowest BCUT2D eigenvalue weighted by Crippen LogP contribution is -2.41. The van der Waals surface area contributed by atoms with Crippen molar-refractivity contribution in [3.8, 4) is 0 Å². The Kier molecular flexibility index (Phi) is 6.18. The third-order valence-electron chi connectivity index (χ3n) is 4.29. The van der Waals surface area contributed by atoms with E-state index in [1.165, 1.54) is 13.1 Å². The van der Waals surface area contributed by atoms with Gasteiger partial charge in [-0.15, -0.1) is 0 Å². The molecular weight excluding hydrogens is 342 g/mol. The van der Waals surface area contributed by atoms with Gasteiger partial charge in [0, 0.05) is 25.2 Å². The van der Waals surface area contributed by atoms with E-state index in [0.717, 1.165) is 16.3 Å². The molecule has 0 aromatic heterocycles. The van der Waals surface area contributed by atoms with Crippen LogP contribution in [0.2, 0.25) is 0 Å². The van der Waals surface area contributed by atoms with Crippen molar-refractivity contribution < 1.29 is 18.0 Å². The van der Waals surface area contributed by atoms with E-state index in [0.29, 0.717) is 24.9 Å². The molecule has 7 nitrogen and oxygen atoms in total. The third kappa shape index (κ3) is 4.79. The highest BCUT2D eigenvalue weighted by atomic mass is 32.2. The lowest BCUT2D eigenvalue weighted by molar-refractivity contribution is -0.121. The van der Waals surface area contributed by atoms with E-state index in [1.807, 2.05) is 13.8 Å². The van der Waals surface area contributed by atoms with Gasteiger partial charge in [-0.05, 0) is 49.9 Å². The second kappa shape index (κ2) is 7.97. The zero-order valence-corrected chi connectivity index (χ0v) is 15.6. The Labute approximate surface area is 148 Å². The number of amides is 2. The quantitative estimate of drug-likeness (QED) is 0.796. The maximum atomic E-state index is 12.7. The minimum Gasteiger partial charge on any atom is -0.353 e. The van der Waals surface area contributed by atoms with Crippen LogP contribution in [0, 0.1) is 0 Å². The first kappa shape index (κ1) is 19.4. The Hall–Kier alpha value is -1.93. The van der Waals surface area contributed by atoms with Crippen LogP contribution in [-0.2, 0) is 26.0 Å². The van der Waals surface area contributed by atoms with Gasteiger partial charge in [-0.1, -0.05) is 6.92 Å². The van der Waals surface area contributed by atoms with E-state index in [-0.39, 0.29) is 29.3 Å². The molecule has 0 fully saturated rings. The zero-order valence-electron chi connectivity index (χ0n) is 14.8. The van der Waals surface area contributed by atoms with Gasteiger partial charge >= 0.3 is 0 Å². The van der Waals surface area contributed by atoms with Crippen LogP contribution in [0.25, 0.3) is 0 Å². The third-order valence-corrected chi connectivity index (χ3v) is 6.09. The Balaban J connectivity index is 2.17. The highest BCUT2D eigenvalue weighted by Crippen LogP contribution is 2.26. The summed E-state index contributed by atoms with van der Waals surface area (Å²) >= 11 is 0. The van der Waals surface area contributed by atoms with Crippen LogP contribution < -0.4 is 10.6 Å². The summed E-state index contributed by atoms with van der Waals surface area (Å²) in [6.07, 6.45) is 2.51. The molecule has 0 aliphatic carbocycles. The lowest BCUT2D eigenvalue weighted by atomic mass is 10.1. The van der Waals surface area contributed by atoms with Gasteiger partial charge in [-0.3, -0.25) is 9.59 Å². The summed E-state index contributed by atoms with van der Waals surface area (Å²) < 4.78 is 26.5. The van der Waals surface area contributed by atoms with Crippen LogP contribution >= 0.6 is 0 Å². The topological polar surface area (TPSA) is 95.6 Å². The van der Waals surface area contributed by atoms with Gasteiger partial charge in [0.1, 0.15) is 0 Å². The Morgan fingerprint density at radius 1 is 1.36 bits per heavy atom. The highest BCUT2D eigenvalue weighted by molar-refractivity contribution is 7.89. The van der Waals surface area contributed by atoms with E-state index in [1.54, 1.807) is 12.1 Å². The monoisotopic (exact) mass is 367 g/mol. The van der Waals surface area contributed by atoms with Gasteiger partial charge in [-0.2, -0.15) is 4.31 Å². The van der Waals surface area contributed by atoms with Crippen molar-refractivity contribution in [2.45, 2.75) is 50.5 Å². The molecule has 8 heteroatoms. The van der Waals surface area contributed by atoms with Crippen molar-refractivity contribution in [2.24, 2.45) is 0 Å². The number of carbonyl (C=O) groups excluding carboxylic acids is 2. The number of sulfonamides is 1. The van der Waals surface area contributed by atoms with Crippen molar-refractivity contribution in [2.75, 3.05) is 18.9 Å². The summed E-state index contributed by atoms with van der Waals surface area (Å²) in [6.45, 7) is 3.58. The summed E-state index contributed by atoms with van der Waals surface area (Å²) in [7, 11) is -2.39. The second-order valence-corrected chi connectivity index (χ2v) is 8.40. The van der Waals surface area contributed by atoms with E-state index >= 15 is 0 Å². The molecule has 1 aliphatic rings. The van der Waals surface area contributed by atoms with Crippen molar-refractivity contribution in [3.63, 3.8) is 0 Å². The number of rotatable bonds is 6. The number of carbonyl (C=O) groups is 2. The molecule has 2 N–H and O–H groups in total. The van der Waals surface area contributed by atoms with Gasteiger partial charge in [0.25, 0.3) is 0 Å². The maximum absolute atomic E-state index is 12.7. The molecule has 138 valence electrons. The van der Waals surface area contributed by atoms with Gasteiger partial charge < -0.3 is 10.6 Å². The molecule has 2 amide bonds. The van der Waals surface area contributed by atoms with Crippen LogP contribution in [0.1, 0.15) is 38.7 Å². The van der Waals surface area contributed by atoms with E-state index in [2.05, 4.69) is 10.6 Å². The highest BCUT2D eigenvalue weighted by Gasteiger charge is 2.25. The molecule has 2 rings (SSSR count). The number of fused-ring (bicyclic) bond motifs is 1. The summed E-state index contributed by atoms with van der Waals surface area (Å²) in [5, 5.41) is 5.53. The average molecular weight is 367 g/mol. The summed E-state index contributed by atoms with van der Waals surface area (Å²) in [5.74, 6) is -0.393. The molecule has 0 radical (unpaired) electrons. The minimum atomic E-state index is -3.78. The van der Waals surface area contributed by atoms with Gasteiger partial charge in [0.15, 0.2) is 0 Å². The predicted octanol–water partition coefficient (Wildman–Crippen LogP) is 1.50. The van der Waals surface area contributed by atoms with Crippen LogP contribution in [0.5, 0.6) is 0 Å². The summed E-state index contributed by atoms with van der Waals surface area (Å²) in [5.41, 5.74) is 1.45. The van der Waals surface area contributed by atoms with Gasteiger partial charge in [0.2, 0.25) is 21.8 Å². The smallest absolute Gasteiger partial charge is 0.243 e. The number of hydrogen-bond donors (Lipinski definition) is 2. The zero-order chi connectivity index (χ0) is 18.6. The lowest BCUT2D eigenvalue weighted by Gasteiger charge is -2.19.